The van der Waals surface area contributed by atoms with Gasteiger partial charge >= 0.3 is 0 Å². The molecule has 74 heavy (non-hydrogen) atoms. The first-order chi connectivity index (χ1) is 36.3. The van der Waals surface area contributed by atoms with Crippen LogP contribution in [-0.4, -0.2) is 16.1 Å². The number of hydrogen-bond donors (Lipinski definition) is 0. The second kappa shape index (κ2) is 17.0. The molecule has 0 fully saturated rings. The van der Waals surface area contributed by atoms with Gasteiger partial charge in [0, 0.05) is 39.2 Å². The van der Waals surface area contributed by atoms with Crippen LogP contribution >= 0.6 is 0 Å². The van der Waals surface area contributed by atoms with Gasteiger partial charge in [-0.25, -0.2) is 0 Å². The molecule has 0 aliphatic carbocycles. The standard InChI is InChI=1S/C70H54N2Si2/c1-73(2)63-43-44-64-69-60(42-41-59(68(63)69)55-39-35-48(45-65(55)73)47-33-37-54(38-34-47)71(50-21-9-5-10-22-50)51-23-11-6-12-24-51)56-40-36-49(46-66(56)74(64,3)4)67-57-29-17-19-31-61(57)70(62-32-20-18-30-58(62)67)72(52-25-13-7-14-26-52)53-27-15-8-16-28-53/h5-46H,1-4H3. The van der Waals surface area contributed by atoms with Crippen molar-refractivity contribution in [1.82, 2.24) is 0 Å². The summed E-state index contributed by atoms with van der Waals surface area (Å²) in [7, 11) is -4.43. The van der Waals surface area contributed by atoms with Crippen LogP contribution in [-0.2, 0) is 0 Å². The van der Waals surface area contributed by atoms with Crippen LogP contribution in [0.3, 0.4) is 0 Å². The van der Waals surface area contributed by atoms with Crippen LogP contribution in [0.5, 0.6) is 0 Å². The van der Waals surface area contributed by atoms with Crippen LogP contribution in [0.15, 0.2) is 255 Å². The summed E-state index contributed by atoms with van der Waals surface area (Å²) < 4.78 is 0. The lowest BCUT2D eigenvalue weighted by Crippen LogP contribution is -2.59. The number of benzene rings is 12. The molecule has 0 amide bonds. The maximum absolute atomic E-state index is 2.59. The van der Waals surface area contributed by atoms with Gasteiger partial charge in [0.25, 0.3) is 0 Å². The Balaban J connectivity index is 0.882. The Morgan fingerprint density at radius 2 is 0.595 bits per heavy atom. The van der Waals surface area contributed by atoms with E-state index in [1.165, 1.54) is 92.9 Å². The zero-order valence-corrected chi connectivity index (χ0v) is 44.1. The molecule has 2 aliphatic heterocycles. The van der Waals surface area contributed by atoms with E-state index < -0.39 is 16.1 Å². The van der Waals surface area contributed by atoms with Gasteiger partial charge in [-0.2, -0.15) is 0 Å². The van der Waals surface area contributed by atoms with Crippen molar-refractivity contribution < 1.29 is 0 Å². The van der Waals surface area contributed by atoms with Crippen LogP contribution in [0.25, 0.3) is 76.8 Å². The highest BCUT2D eigenvalue weighted by molar-refractivity contribution is 7.05. The van der Waals surface area contributed by atoms with Crippen LogP contribution in [0, 0.1) is 0 Å². The molecule has 0 aromatic heterocycles. The normalized spacial score (nSPS) is 13.6. The van der Waals surface area contributed by atoms with E-state index in [-0.39, 0.29) is 0 Å². The molecular weight excluding hydrogens is 925 g/mol. The predicted octanol–water partition coefficient (Wildman–Crippen LogP) is 17.0. The largest absolute Gasteiger partial charge is 0.311 e. The predicted molar refractivity (Wildman–Crippen MR) is 324 cm³/mol. The zero-order valence-electron chi connectivity index (χ0n) is 42.1. The fraction of sp³-hybridized carbons (Fsp3) is 0.0571. The molecule has 12 aromatic carbocycles. The molecule has 2 nitrogen and oxygen atoms in total. The molecule has 0 N–H and O–H groups in total. The van der Waals surface area contributed by atoms with Crippen molar-refractivity contribution in [2.24, 2.45) is 0 Å². The number of rotatable bonds is 8. The summed E-state index contributed by atoms with van der Waals surface area (Å²) >= 11 is 0. The Morgan fingerprint density at radius 3 is 1.04 bits per heavy atom. The first kappa shape index (κ1) is 44.2. The van der Waals surface area contributed by atoms with E-state index in [1.54, 1.807) is 10.4 Å². The summed E-state index contributed by atoms with van der Waals surface area (Å²) in [4.78, 5) is 4.77. The number of fused-ring (bicyclic) bond motifs is 6. The summed E-state index contributed by atoms with van der Waals surface area (Å²) in [6, 6.07) is 95.0. The number of nitrogens with zero attached hydrogens (tertiary/aromatic N) is 2. The Hall–Kier alpha value is -8.55. The first-order valence-electron chi connectivity index (χ1n) is 26.0. The summed E-state index contributed by atoms with van der Waals surface area (Å²) in [6.07, 6.45) is 0. The van der Waals surface area contributed by atoms with Gasteiger partial charge in [0.15, 0.2) is 0 Å². The highest BCUT2D eigenvalue weighted by Gasteiger charge is 2.41. The SMILES string of the molecule is C[Si]1(C)c2cc(-c3ccc(N(c4ccccc4)c4ccccc4)cc3)ccc2-c2ccc3c4c(ccc1c24)[Si](C)(C)c1cc(-c2c4ccccc4c(N(c4ccccc4)c4ccccc4)c4ccccc24)ccc1-3. The maximum Gasteiger partial charge on any atom is 0.113 e. The van der Waals surface area contributed by atoms with E-state index >= 15 is 0 Å². The third-order valence-electron chi connectivity index (χ3n) is 16.4. The molecule has 0 bridgehead atoms. The summed E-state index contributed by atoms with van der Waals surface area (Å²) in [5.41, 5.74) is 17.5. The number of para-hydroxylation sites is 4. The van der Waals surface area contributed by atoms with Crippen molar-refractivity contribution >= 4 is 103 Å². The minimum absolute atomic E-state index is 1.14. The summed E-state index contributed by atoms with van der Waals surface area (Å²) in [6.45, 7) is 10.3. The Labute approximate surface area is 436 Å². The third kappa shape index (κ3) is 6.75. The Kier molecular flexibility index (Phi) is 10.2. The lowest BCUT2D eigenvalue weighted by Gasteiger charge is -2.39. The van der Waals surface area contributed by atoms with E-state index in [0.717, 1.165) is 28.4 Å². The van der Waals surface area contributed by atoms with Gasteiger partial charge in [0.05, 0.1) is 5.69 Å². The average molecular weight is 979 g/mol. The van der Waals surface area contributed by atoms with E-state index in [0.29, 0.717) is 0 Å². The van der Waals surface area contributed by atoms with Crippen molar-refractivity contribution in [1.29, 1.82) is 0 Å². The van der Waals surface area contributed by atoms with E-state index in [4.69, 9.17) is 0 Å². The number of anilines is 6. The molecule has 4 heteroatoms. The maximum atomic E-state index is 2.59. The van der Waals surface area contributed by atoms with Gasteiger partial charge < -0.3 is 9.80 Å². The highest BCUT2D eigenvalue weighted by Crippen LogP contribution is 2.49. The molecule has 0 atom stereocenters. The lowest BCUT2D eigenvalue weighted by molar-refractivity contribution is 1.28. The van der Waals surface area contributed by atoms with E-state index in [2.05, 4.69) is 291 Å². The molecule has 0 unspecified atom stereocenters. The van der Waals surface area contributed by atoms with Gasteiger partial charge in [0.1, 0.15) is 16.1 Å². The molecule has 2 heterocycles. The van der Waals surface area contributed by atoms with E-state index in [9.17, 15) is 0 Å². The minimum Gasteiger partial charge on any atom is -0.311 e. The highest BCUT2D eigenvalue weighted by atomic mass is 28.3. The topological polar surface area (TPSA) is 6.48 Å². The quantitative estimate of drug-likeness (QED) is 0.111. The zero-order chi connectivity index (χ0) is 49.7. The molecule has 352 valence electrons. The fourth-order valence-corrected chi connectivity index (χ4v) is 19.0. The second-order valence-electron chi connectivity index (χ2n) is 21.2. The monoisotopic (exact) mass is 978 g/mol. The van der Waals surface area contributed by atoms with Crippen LogP contribution < -0.4 is 30.5 Å². The molecule has 0 spiro atoms. The molecule has 2 aliphatic rings. The van der Waals surface area contributed by atoms with Crippen molar-refractivity contribution in [2.45, 2.75) is 26.2 Å². The molecule has 14 rings (SSSR count). The van der Waals surface area contributed by atoms with Gasteiger partial charge in [-0.05, 0) is 147 Å². The molecule has 0 radical (unpaired) electrons. The van der Waals surface area contributed by atoms with Crippen molar-refractivity contribution in [3.8, 4) is 44.5 Å². The van der Waals surface area contributed by atoms with Crippen molar-refractivity contribution in [2.75, 3.05) is 9.80 Å². The minimum atomic E-state index is -2.26. The molecule has 12 aromatic rings. The van der Waals surface area contributed by atoms with Crippen LogP contribution in [0.1, 0.15) is 0 Å². The van der Waals surface area contributed by atoms with Crippen LogP contribution in [0.2, 0.25) is 26.2 Å². The Morgan fingerprint density at radius 1 is 0.257 bits per heavy atom. The summed E-state index contributed by atoms with van der Waals surface area (Å²) in [5.74, 6) is 0. The summed E-state index contributed by atoms with van der Waals surface area (Å²) in [5, 5.41) is 14.1. The van der Waals surface area contributed by atoms with Crippen molar-refractivity contribution in [3.63, 3.8) is 0 Å². The number of hydrogen-bond acceptors (Lipinski definition) is 2. The van der Waals surface area contributed by atoms with Crippen molar-refractivity contribution in [3.05, 3.63) is 255 Å². The second-order valence-corrected chi connectivity index (χ2v) is 29.9. The Bertz CT molecular complexity index is 4030. The fourth-order valence-electron chi connectivity index (χ4n) is 12.8. The smallest absolute Gasteiger partial charge is 0.113 e. The molecule has 0 saturated heterocycles. The van der Waals surface area contributed by atoms with Gasteiger partial charge in [-0.15, -0.1) is 0 Å². The first-order valence-corrected chi connectivity index (χ1v) is 32.0. The van der Waals surface area contributed by atoms with Gasteiger partial charge in [0.2, 0.25) is 0 Å². The van der Waals surface area contributed by atoms with E-state index in [1.807, 2.05) is 0 Å². The molecule has 0 saturated carbocycles. The average Bonchev–Trinajstić information content (AvgIpc) is 3.47. The molecular formula is C70H54N2Si2. The third-order valence-corrected chi connectivity index (χ3v) is 23.5. The van der Waals surface area contributed by atoms with Crippen LogP contribution in [0.4, 0.5) is 34.1 Å². The lowest BCUT2D eigenvalue weighted by atomic mass is 9.87. The van der Waals surface area contributed by atoms with Gasteiger partial charge in [-0.3, -0.25) is 0 Å². The van der Waals surface area contributed by atoms with Gasteiger partial charge in [-0.1, -0.05) is 220 Å².